The van der Waals surface area contributed by atoms with Gasteiger partial charge in [-0.15, -0.1) is 0 Å². The zero-order chi connectivity index (χ0) is 32.7. The summed E-state index contributed by atoms with van der Waals surface area (Å²) in [6.07, 6.45) is -1.71. The Morgan fingerprint density at radius 3 is 2.02 bits per heavy atom. The first kappa shape index (κ1) is 34.2. The van der Waals surface area contributed by atoms with Crippen molar-refractivity contribution in [2.24, 2.45) is 0 Å². The van der Waals surface area contributed by atoms with E-state index in [1.807, 2.05) is 24.3 Å². The summed E-state index contributed by atoms with van der Waals surface area (Å²) in [5.41, 5.74) is 1.67. The number of aliphatic hydroxyl groups excluding tert-OH is 1. The van der Waals surface area contributed by atoms with Gasteiger partial charge in [-0.05, 0) is 67.0 Å². The molecule has 0 bridgehead atoms. The fraction of sp³-hybridized carbons (Fsp3) is 0.515. The smallest absolute Gasteiger partial charge is 0.303 e. The monoisotopic (exact) mass is 646 g/mol. The van der Waals surface area contributed by atoms with Crippen LogP contribution in [0.1, 0.15) is 76.2 Å². The second kappa shape index (κ2) is 15.1. The molecule has 1 N–H and O–H groups in total. The van der Waals surface area contributed by atoms with E-state index in [1.165, 1.54) is 27.7 Å². The first-order valence-electron chi connectivity index (χ1n) is 14.9. The Morgan fingerprint density at radius 1 is 0.844 bits per heavy atom. The molecule has 1 heterocycles. The highest BCUT2D eigenvalue weighted by Crippen LogP contribution is 2.39. The number of ether oxygens (including phenoxy) is 6. The van der Waals surface area contributed by atoms with Crippen molar-refractivity contribution in [2.45, 2.75) is 95.9 Å². The molecule has 1 saturated carbocycles. The third-order valence-corrected chi connectivity index (χ3v) is 8.21. The minimum Gasteiger partial charge on any atom is -0.485 e. The fourth-order valence-electron chi connectivity index (χ4n) is 5.86. The van der Waals surface area contributed by atoms with Gasteiger partial charge in [0.05, 0.1) is 6.61 Å². The van der Waals surface area contributed by atoms with Crippen LogP contribution in [0, 0.1) is 0 Å². The minimum atomic E-state index is -1.27. The molecule has 5 atom stereocenters. The quantitative estimate of drug-likeness (QED) is 0.274. The van der Waals surface area contributed by atoms with E-state index in [2.05, 4.69) is 0 Å². The molecule has 1 aliphatic carbocycles. The van der Waals surface area contributed by atoms with Crippen LogP contribution in [0.3, 0.4) is 0 Å². The SMILES string of the molecule is CC(=O)OC[C@H]1O[C@@H](c2ccc(Cl)c(Cc3ccc(OC4(CO)CCCC4)cc3)c2)[C@H](OC(C)=O)[C@@H](OC(C)=O)[C@@H]1OC(C)=O. The average molecular weight is 647 g/mol. The fourth-order valence-corrected chi connectivity index (χ4v) is 6.05. The van der Waals surface area contributed by atoms with Gasteiger partial charge in [0.15, 0.2) is 18.3 Å². The normalized spacial score (nSPS) is 23.9. The van der Waals surface area contributed by atoms with Crippen LogP contribution >= 0.6 is 11.6 Å². The van der Waals surface area contributed by atoms with Crippen LogP contribution in [0.15, 0.2) is 42.5 Å². The van der Waals surface area contributed by atoms with Crippen LogP contribution in [0.4, 0.5) is 0 Å². The summed E-state index contributed by atoms with van der Waals surface area (Å²) in [6.45, 7) is 4.41. The molecule has 2 aromatic carbocycles. The number of carbonyl (C=O) groups is 4. The maximum Gasteiger partial charge on any atom is 0.303 e. The molecule has 0 radical (unpaired) electrons. The molecular formula is C33H39ClO11. The zero-order valence-electron chi connectivity index (χ0n) is 25.8. The van der Waals surface area contributed by atoms with Gasteiger partial charge in [0, 0.05) is 32.7 Å². The number of hydrogen-bond donors (Lipinski definition) is 1. The minimum absolute atomic E-state index is 0.0314. The molecule has 1 aliphatic heterocycles. The van der Waals surface area contributed by atoms with Gasteiger partial charge in [-0.1, -0.05) is 35.9 Å². The van der Waals surface area contributed by atoms with Crippen LogP contribution in [-0.4, -0.2) is 72.2 Å². The lowest BCUT2D eigenvalue weighted by atomic mass is 9.89. The molecule has 2 aliphatic rings. The predicted molar refractivity (Wildman–Crippen MR) is 161 cm³/mol. The molecule has 0 unspecified atom stereocenters. The van der Waals surface area contributed by atoms with Gasteiger partial charge in [-0.3, -0.25) is 19.2 Å². The second-order valence-corrected chi connectivity index (χ2v) is 11.8. The van der Waals surface area contributed by atoms with Crippen LogP contribution in [0.25, 0.3) is 0 Å². The Bertz CT molecular complexity index is 1370. The van der Waals surface area contributed by atoms with Gasteiger partial charge in [0.2, 0.25) is 0 Å². The predicted octanol–water partition coefficient (Wildman–Crippen LogP) is 4.41. The lowest BCUT2D eigenvalue weighted by Gasteiger charge is -2.44. The van der Waals surface area contributed by atoms with Gasteiger partial charge in [0.1, 0.15) is 30.2 Å². The summed E-state index contributed by atoms with van der Waals surface area (Å²) in [6, 6.07) is 12.7. The topological polar surface area (TPSA) is 144 Å². The van der Waals surface area contributed by atoms with E-state index in [0.717, 1.165) is 36.8 Å². The van der Waals surface area contributed by atoms with Gasteiger partial charge in [-0.25, -0.2) is 0 Å². The van der Waals surface area contributed by atoms with Crippen molar-refractivity contribution in [3.63, 3.8) is 0 Å². The number of aliphatic hydroxyl groups is 1. The van der Waals surface area contributed by atoms with Crippen molar-refractivity contribution in [3.8, 4) is 5.75 Å². The second-order valence-electron chi connectivity index (χ2n) is 11.4. The highest BCUT2D eigenvalue weighted by Gasteiger charge is 2.52. The standard InChI is InChI=1S/C33H39ClO11/c1-19(36)40-17-28-30(41-20(2)37)32(43-22(4)39)31(42-21(3)38)29(44-28)24-9-12-27(34)25(16-24)15-23-7-10-26(11-8-23)45-33(18-35)13-5-6-14-33/h7-12,16,28-32,35H,5-6,13-15,17-18H2,1-4H3/t28-,29+,30-,31+,32+/m1/s1. The summed E-state index contributed by atoms with van der Waals surface area (Å²) >= 11 is 6.62. The van der Waals surface area contributed by atoms with Crippen molar-refractivity contribution in [2.75, 3.05) is 13.2 Å². The Labute approximate surface area is 267 Å². The lowest BCUT2D eigenvalue weighted by Crippen LogP contribution is -2.59. The molecule has 45 heavy (non-hydrogen) atoms. The molecule has 11 nitrogen and oxygen atoms in total. The van der Waals surface area contributed by atoms with Crippen molar-refractivity contribution in [1.82, 2.24) is 0 Å². The van der Waals surface area contributed by atoms with Crippen LogP contribution < -0.4 is 4.74 Å². The van der Waals surface area contributed by atoms with Gasteiger partial charge in [0.25, 0.3) is 0 Å². The van der Waals surface area contributed by atoms with Crippen LogP contribution in [0.2, 0.25) is 5.02 Å². The number of carbonyl (C=O) groups excluding carboxylic acids is 4. The van der Waals surface area contributed by atoms with E-state index < -0.39 is 60.0 Å². The maximum atomic E-state index is 12.2. The van der Waals surface area contributed by atoms with E-state index in [0.29, 0.717) is 22.8 Å². The highest BCUT2D eigenvalue weighted by atomic mass is 35.5. The van der Waals surface area contributed by atoms with Gasteiger partial charge >= 0.3 is 23.9 Å². The number of halogens is 1. The van der Waals surface area contributed by atoms with E-state index in [-0.39, 0.29) is 13.2 Å². The molecule has 12 heteroatoms. The third-order valence-electron chi connectivity index (χ3n) is 7.84. The first-order valence-corrected chi connectivity index (χ1v) is 15.2. The van der Waals surface area contributed by atoms with E-state index >= 15 is 0 Å². The summed E-state index contributed by atoms with van der Waals surface area (Å²) in [4.78, 5) is 48.1. The maximum absolute atomic E-state index is 12.2. The molecular weight excluding hydrogens is 608 g/mol. The highest BCUT2D eigenvalue weighted by molar-refractivity contribution is 6.31. The number of rotatable bonds is 11. The average Bonchev–Trinajstić information content (AvgIpc) is 3.44. The van der Waals surface area contributed by atoms with E-state index in [9.17, 15) is 24.3 Å². The molecule has 0 spiro atoms. The molecule has 0 aromatic heterocycles. The van der Waals surface area contributed by atoms with Crippen molar-refractivity contribution in [3.05, 3.63) is 64.2 Å². The lowest BCUT2D eigenvalue weighted by molar-refractivity contribution is -0.254. The molecule has 0 amide bonds. The van der Waals surface area contributed by atoms with Crippen molar-refractivity contribution < 1.29 is 52.7 Å². The molecule has 1 saturated heterocycles. The van der Waals surface area contributed by atoms with Crippen LogP contribution in [0.5, 0.6) is 5.75 Å². The number of hydrogen-bond acceptors (Lipinski definition) is 11. The number of benzene rings is 2. The van der Waals surface area contributed by atoms with Crippen molar-refractivity contribution in [1.29, 1.82) is 0 Å². The molecule has 244 valence electrons. The van der Waals surface area contributed by atoms with E-state index in [4.69, 9.17) is 40.0 Å². The summed E-state index contributed by atoms with van der Waals surface area (Å²) in [5, 5.41) is 10.4. The summed E-state index contributed by atoms with van der Waals surface area (Å²) in [5.74, 6) is -2.01. The molecule has 2 aromatic rings. The largest absolute Gasteiger partial charge is 0.485 e. The molecule has 4 rings (SSSR count). The third kappa shape index (κ3) is 8.96. The Balaban J connectivity index is 1.64. The first-order chi connectivity index (χ1) is 21.4. The van der Waals surface area contributed by atoms with E-state index in [1.54, 1.807) is 18.2 Å². The van der Waals surface area contributed by atoms with Gasteiger partial charge < -0.3 is 33.5 Å². The molecule has 2 fully saturated rings. The summed E-state index contributed by atoms with van der Waals surface area (Å²) < 4.78 is 34.3. The number of esters is 4. The summed E-state index contributed by atoms with van der Waals surface area (Å²) in [7, 11) is 0. The Morgan fingerprint density at radius 2 is 1.44 bits per heavy atom. The Hall–Kier alpha value is -3.67. The van der Waals surface area contributed by atoms with Crippen LogP contribution in [-0.2, 0) is 49.3 Å². The van der Waals surface area contributed by atoms with Crippen molar-refractivity contribution >= 4 is 35.5 Å². The van der Waals surface area contributed by atoms with Gasteiger partial charge in [-0.2, -0.15) is 0 Å². The zero-order valence-corrected chi connectivity index (χ0v) is 26.5. The Kier molecular flexibility index (Phi) is 11.5.